The van der Waals surface area contributed by atoms with E-state index in [0.29, 0.717) is 0 Å². The van der Waals surface area contributed by atoms with Gasteiger partial charge in [0.15, 0.2) is 0 Å². The SMILES string of the molecule is COc1c2ccccc2c(C2C=CC=CC3=C2C=C(C)[C]32c3ccccc3[C]3(C(C)=CC4=C3C=CC=CC4c3c4ccccc4c(OC)c4ccccc34)[Zr]2([Cl])[Cl])c2ccccc12. The van der Waals surface area contributed by atoms with E-state index in [1.165, 1.54) is 77.2 Å². The van der Waals surface area contributed by atoms with Crippen molar-refractivity contribution in [3.8, 4) is 11.5 Å². The van der Waals surface area contributed by atoms with Gasteiger partial charge < -0.3 is 0 Å². The van der Waals surface area contributed by atoms with E-state index in [9.17, 15) is 0 Å². The molecule has 0 saturated heterocycles. The molecule has 0 N–H and O–H groups in total. The van der Waals surface area contributed by atoms with Gasteiger partial charge in [-0.1, -0.05) is 0 Å². The number of benzene rings is 7. The van der Waals surface area contributed by atoms with Crippen LogP contribution in [-0.2, 0) is 24.1 Å². The van der Waals surface area contributed by atoms with Crippen LogP contribution in [0.15, 0.2) is 216 Å². The molecule has 4 unspecified atom stereocenters. The number of fused-ring (bicyclic) bond motifs is 9. The van der Waals surface area contributed by atoms with Crippen molar-refractivity contribution in [2.45, 2.75) is 31.9 Å². The summed E-state index contributed by atoms with van der Waals surface area (Å²) in [7, 11) is 21.2. The summed E-state index contributed by atoms with van der Waals surface area (Å²) in [5, 5.41) is 9.16. The van der Waals surface area contributed by atoms with E-state index in [2.05, 4.69) is 196 Å². The van der Waals surface area contributed by atoms with Gasteiger partial charge in [-0.3, -0.25) is 0 Å². The maximum absolute atomic E-state index is 8.83. The van der Waals surface area contributed by atoms with Gasteiger partial charge in [-0.15, -0.1) is 0 Å². The molecule has 0 bridgehead atoms. The molecule has 1 aliphatic heterocycles. The van der Waals surface area contributed by atoms with Crippen molar-refractivity contribution in [2.24, 2.45) is 0 Å². The van der Waals surface area contributed by atoms with Crippen LogP contribution < -0.4 is 9.47 Å². The molecule has 1 heterocycles. The first-order valence-electron chi connectivity index (χ1n) is 21.8. The molecule has 4 aliphatic carbocycles. The molecule has 2 spiro atoms. The predicted octanol–water partition coefficient (Wildman–Crippen LogP) is 15.5. The molecule has 7 aromatic rings. The summed E-state index contributed by atoms with van der Waals surface area (Å²) in [5.74, 6) is 1.67. The Hall–Kier alpha value is -5.44. The Morgan fingerprint density at radius 3 is 1.10 bits per heavy atom. The topological polar surface area (TPSA) is 18.5 Å². The van der Waals surface area contributed by atoms with Crippen molar-refractivity contribution >= 4 is 60.1 Å². The van der Waals surface area contributed by atoms with Crippen LogP contribution in [0.1, 0.15) is 47.9 Å². The summed E-state index contributed by atoms with van der Waals surface area (Å²) in [5.41, 5.74) is 12.4. The molecule has 306 valence electrons. The van der Waals surface area contributed by atoms with Gasteiger partial charge in [0.05, 0.1) is 0 Å². The third kappa shape index (κ3) is 4.89. The van der Waals surface area contributed by atoms with Crippen molar-refractivity contribution in [2.75, 3.05) is 14.2 Å². The van der Waals surface area contributed by atoms with Crippen LogP contribution in [-0.4, -0.2) is 14.2 Å². The van der Waals surface area contributed by atoms with E-state index in [0.717, 1.165) is 33.0 Å². The molecule has 63 heavy (non-hydrogen) atoms. The second-order valence-electron chi connectivity index (χ2n) is 17.5. The van der Waals surface area contributed by atoms with E-state index in [1.54, 1.807) is 14.2 Å². The van der Waals surface area contributed by atoms with Gasteiger partial charge in [0.25, 0.3) is 0 Å². The Bertz CT molecular complexity index is 3110. The predicted molar refractivity (Wildman–Crippen MR) is 261 cm³/mol. The van der Waals surface area contributed by atoms with Crippen LogP contribution in [0.5, 0.6) is 11.5 Å². The van der Waals surface area contributed by atoms with Gasteiger partial charge in [-0.2, -0.15) is 0 Å². The fourth-order valence-corrected chi connectivity index (χ4v) is 30.7. The molecule has 5 aliphatic rings. The minimum absolute atomic E-state index is 0.0675. The van der Waals surface area contributed by atoms with Gasteiger partial charge in [-0.25, -0.2) is 0 Å². The van der Waals surface area contributed by atoms with Gasteiger partial charge >= 0.3 is 383 Å². The number of halogens is 2. The third-order valence-electron chi connectivity index (χ3n) is 14.9. The number of ether oxygens (including phenoxy) is 2. The van der Waals surface area contributed by atoms with Crippen LogP contribution in [0, 0.1) is 0 Å². The number of rotatable bonds is 4. The fraction of sp³-hybridized carbons (Fsp3) is 0.138. The molecule has 0 amide bonds. The standard InChI is InChI=1S/C58H44O2.2ClH.Zr/c1-35-33-51-43(25-7-9-27-45(51)55-39-21-11-15-29-47(39)57(59-3)48-30-16-12-22-40(48)55)53(35)37-19-5-6-20-38(37)54-36(2)34-52-44(54)26-8-10-28-46(52)56-41-23-13-17-31-49(41)58(60-4)50-32-18-14-24-42(50)56;;;/h5-34,45-46H,1-4H3;2*1H;/q;;;+2/p-2. The van der Waals surface area contributed by atoms with Gasteiger partial charge in [0.1, 0.15) is 0 Å². The Morgan fingerprint density at radius 1 is 0.444 bits per heavy atom. The number of allylic oxidation sites excluding steroid dienone is 16. The Morgan fingerprint density at radius 2 is 0.762 bits per heavy atom. The normalized spacial score (nSPS) is 24.1. The molecule has 0 saturated carbocycles. The zero-order valence-electron chi connectivity index (χ0n) is 35.5. The molecular weight excluding hydrogens is 891 g/mol. The van der Waals surface area contributed by atoms with Crippen molar-refractivity contribution in [1.82, 2.24) is 0 Å². The zero-order valence-corrected chi connectivity index (χ0v) is 39.5. The van der Waals surface area contributed by atoms with Crippen LogP contribution in [0.25, 0.3) is 43.1 Å². The molecule has 0 radical (unpaired) electrons. The minimum atomic E-state index is -4.85. The Labute approximate surface area is 380 Å². The molecule has 2 nitrogen and oxygen atoms in total. The average Bonchev–Trinajstić information content (AvgIpc) is 3.67. The van der Waals surface area contributed by atoms with Crippen LogP contribution in [0.3, 0.4) is 0 Å². The van der Waals surface area contributed by atoms with Crippen LogP contribution >= 0.6 is 17.0 Å². The van der Waals surface area contributed by atoms with E-state index in [1.807, 2.05) is 0 Å². The molecule has 5 heteroatoms. The molecular formula is C58H44Cl2O2Zr. The monoisotopic (exact) mass is 932 g/mol. The fourth-order valence-electron chi connectivity index (χ4n) is 12.7. The number of hydrogen-bond donors (Lipinski definition) is 0. The number of hydrogen-bond acceptors (Lipinski definition) is 2. The quantitative estimate of drug-likeness (QED) is 0.164. The van der Waals surface area contributed by atoms with E-state index in [-0.39, 0.29) is 11.8 Å². The first kappa shape index (κ1) is 39.2. The van der Waals surface area contributed by atoms with Gasteiger partial charge in [-0.05, 0) is 0 Å². The second-order valence-corrected chi connectivity index (χ2v) is 31.9. The van der Waals surface area contributed by atoms with Crippen molar-refractivity contribution in [1.29, 1.82) is 0 Å². The maximum atomic E-state index is 8.83. The average molecular weight is 935 g/mol. The summed E-state index contributed by atoms with van der Waals surface area (Å²) >= 11 is -4.85. The van der Waals surface area contributed by atoms with E-state index < -0.39 is 24.1 Å². The van der Waals surface area contributed by atoms with Crippen LogP contribution in [0.2, 0.25) is 0 Å². The van der Waals surface area contributed by atoms with Crippen molar-refractivity contribution in [3.63, 3.8) is 0 Å². The second kappa shape index (κ2) is 14.3. The van der Waals surface area contributed by atoms with E-state index in [4.69, 9.17) is 26.5 Å². The van der Waals surface area contributed by atoms with Gasteiger partial charge in [0, 0.05) is 0 Å². The zero-order chi connectivity index (χ0) is 42.8. The summed E-state index contributed by atoms with van der Waals surface area (Å²) in [6, 6.07) is 43.8. The van der Waals surface area contributed by atoms with Crippen molar-refractivity contribution in [3.05, 3.63) is 238 Å². The summed E-state index contributed by atoms with van der Waals surface area (Å²) in [6.45, 7) is 4.60. The molecule has 0 aromatic heterocycles. The van der Waals surface area contributed by atoms with E-state index >= 15 is 0 Å². The summed E-state index contributed by atoms with van der Waals surface area (Å²) in [4.78, 5) is 0. The number of methoxy groups -OCH3 is 2. The molecule has 7 aromatic carbocycles. The first-order valence-corrected chi connectivity index (χ1v) is 30.6. The van der Waals surface area contributed by atoms with Crippen LogP contribution in [0.4, 0.5) is 0 Å². The molecule has 4 atom stereocenters. The summed E-state index contributed by atoms with van der Waals surface area (Å²) in [6.07, 6.45) is 23.2. The first-order chi connectivity index (χ1) is 30.8. The van der Waals surface area contributed by atoms with Gasteiger partial charge in [0.2, 0.25) is 0 Å². The third-order valence-corrected chi connectivity index (χ3v) is 30.9. The Kier molecular flexibility index (Phi) is 8.88. The Balaban J connectivity index is 1.13. The summed E-state index contributed by atoms with van der Waals surface area (Å²) < 4.78 is 10.9. The molecule has 0 fully saturated rings. The van der Waals surface area contributed by atoms with Crippen molar-refractivity contribution < 1.29 is 27.4 Å². The molecule has 12 rings (SSSR count).